The van der Waals surface area contributed by atoms with Crippen molar-refractivity contribution in [3.05, 3.63) is 16.1 Å². The number of nitrogens with one attached hydrogen (secondary N) is 2. The summed E-state index contributed by atoms with van der Waals surface area (Å²) in [7, 11) is 0. The van der Waals surface area contributed by atoms with E-state index in [9.17, 15) is 4.79 Å². The fraction of sp³-hybridized carbons (Fsp3) is 0.750. The van der Waals surface area contributed by atoms with Gasteiger partial charge in [-0.25, -0.2) is 9.78 Å². The number of aryl methyl sites for hydroxylation is 1. The smallest absolute Gasteiger partial charge is 0.314 e. The minimum absolute atomic E-state index is 0.0613. The molecule has 2 heterocycles. The van der Waals surface area contributed by atoms with E-state index in [4.69, 9.17) is 0 Å². The van der Waals surface area contributed by atoms with Crippen LogP contribution in [-0.4, -0.2) is 48.6 Å². The quantitative estimate of drug-likeness (QED) is 0.845. The van der Waals surface area contributed by atoms with Crippen molar-refractivity contribution in [3.8, 4) is 0 Å². The average molecular weight is 324 g/mol. The summed E-state index contributed by atoms with van der Waals surface area (Å²) < 4.78 is 0. The van der Waals surface area contributed by atoms with Crippen molar-refractivity contribution in [1.29, 1.82) is 0 Å². The molecule has 6 heteroatoms. The van der Waals surface area contributed by atoms with Crippen LogP contribution in [0.15, 0.2) is 5.38 Å². The number of likely N-dealkylation sites (tertiary alicyclic amines) is 1. The normalized spacial score (nSPS) is 20.6. The highest BCUT2D eigenvalue weighted by atomic mass is 32.1. The van der Waals surface area contributed by atoms with Gasteiger partial charge in [-0.3, -0.25) is 0 Å². The number of hydrogen-bond donors (Lipinski definition) is 2. The molecule has 1 aliphatic heterocycles. The Morgan fingerprint density at radius 3 is 3.05 bits per heavy atom. The molecule has 1 saturated heterocycles. The molecule has 0 unspecified atom stereocenters. The zero-order chi connectivity index (χ0) is 15.9. The van der Waals surface area contributed by atoms with E-state index in [1.54, 1.807) is 11.3 Å². The van der Waals surface area contributed by atoms with Crippen LogP contribution in [0.4, 0.5) is 4.79 Å². The first-order valence-electron chi connectivity index (χ1n) is 8.24. The minimum atomic E-state index is -0.0613. The maximum Gasteiger partial charge on any atom is 0.314 e. The Morgan fingerprint density at radius 1 is 1.55 bits per heavy atom. The lowest BCUT2D eigenvalue weighted by molar-refractivity contribution is 0.179. The SMILES string of the molecule is CCN1CCC[C@H](CNC(=O)NC[C@H](C)c2nc(C)cs2)C1. The lowest BCUT2D eigenvalue weighted by Crippen LogP contribution is -2.44. The second-order valence-electron chi connectivity index (χ2n) is 6.22. The Kier molecular flexibility index (Phi) is 6.64. The molecule has 2 amide bonds. The van der Waals surface area contributed by atoms with Gasteiger partial charge in [0.1, 0.15) is 0 Å². The molecule has 0 aromatic carbocycles. The summed E-state index contributed by atoms with van der Waals surface area (Å²) >= 11 is 1.66. The number of amides is 2. The summed E-state index contributed by atoms with van der Waals surface area (Å²) in [5.74, 6) is 0.841. The Balaban J connectivity index is 1.65. The molecule has 1 fully saturated rings. The molecule has 1 aromatic rings. The first-order valence-corrected chi connectivity index (χ1v) is 9.12. The number of nitrogens with zero attached hydrogens (tertiary/aromatic N) is 2. The number of aromatic nitrogens is 1. The predicted octanol–water partition coefficient (Wildman–Crippen LogP) is 2.59. The number of thiazole rings is 1. The van der Waals surface area contributed by atoms with Gasteiger partial charge in [0.15, 0.2) is 0 Å². The van der Waals surface area contributed by atoms with Gasteiger partial charge < -0.3 is 15.5 Å². The molecule has 0 saturated carbocycles. The van der Waals surface area contributed by atoms with Crippen LogP contribution in [0.1, 0.15) is 43.3 Å². The van der Waals surface area contributed by atoms with Gasteiger partial charge in [-0.05, 0) is 38.8 Å². The zero-order valence-electron chi connectivity index (χ0n) is 13.9. The molecule has 5 nitrogen and oxygen atoms in total. The van der Waals surface area contributed by atoms with Gasteiger partial charge in [0.05, 0.1) is 5.01 Å². The molecular formula is C16H28N4OS. The van der Waals surface area contributed by atoms with Crippen molar-refractivity contribution in [1.82, 2.24) is 20.5 Å². The van der Waals surface area contributed by atoms with Crippen LogP contribution in [-0.2, 0) is 0 Å². The van der Waals surface area contributed by atoms with Gasteiger partial charge >= 0.3 is 6.03 Å². The largest absolute Gasteiger partial charge is 0.338 e. The standard InChI is InChI=1S/C16H28N4OS/c1-4-20-7-5-6-14(10-20)9-18-16(21)17-8-12(2)15-19-13(3)11-22-15/h11-12,14H,4-10H2,1-3H3,(H2,17,18,21)/t12-,14+/m0/s1. The molecule has 1 aromatic heterocycles. The Hall–Kier alpha value is -1.14. The lowest BCUT2D eigenvalue weighted by Gasteiger charge is -2.31. The number of carbonyl (C=O) groups excluding carboxylic acids is 1. The van der Waals surface area contributed by atoms with Gasteiger partial charge in [0.25, 0.3) is 0 Å². The molecule has 22 heavy (non-hydrogen) atoms. The van der Waals surface area contributed by atoms with E-state index in [1.165, 1.54) is 19.4 Å². The number of hydrogen-bond acceptors (Lipinski definition) is 4. The summed E-state index contributed by atoms with van der Waals surface area (Å²) in [5, 5.41) is 9.11. The van der Waals surface area contributed by atoms with E-state index >= 15 is 0 Å². The van der Waals surface area contributed by atoms with Crippen molar-refractivity contribution < 1.29 is 4.79 Å². The Labute approximate surface area is 137 Å². The van der Waals surface area contributed by atoms with Gasteiger partial charge in [0.2, 0.25) is 0 Å². The first kappa shape index (κ1) is 17.2. The third-order valence-corrected chi connectivity index (χ3v) is 5.42. The number of carbonyl (C=O) groups is 1. The van der Waals surface area contributed by atoms with Crippen LogP contribution >= 0.6 is 11.3 Å². The van der Waals surface area contributed by atoms with E-state index < -0.39 is 0 Å². The van der Waals surface area contributed by atoms with Crippen LogP contribution in [0.5, 0.6) is 0 Å². The lowest BCUT2D eigenvalue weighted by atomic mass is 9.98. The monoisotopic (exact) mass is 324 g/mol. The van der Waals surface area contributed by atoms with Gasteiger partial charge in [-0.2, -0.15) is 0 Å². The fourth-order valence-electron chi connectivity index (χ4n) is 2.84. The maximum atomic E-state index is 11.9. The Morgan fingerprint density at radius 2 is 2.36 bits per heavy atom. The highest BCUT2D eigenvalue weighted by Gasteiger charge is 2.19. The summed E-state index contributed by atoms with van der Waals surface area (Å²) in [5.41, 5.74) is 1.05. The summed E-state index contributed by atoms with van der Waals surface area (Å²) in [6, 6.07) is -0.0613. The molecule has 0 aliphatic carbocycles. The van der Waals surface area contributed by atoms with Crippen molar-refractivity contribution in [2.24, 2.45) is 5.92 Å². The minimum Gasteiger partial charge on any atom is -0.338 e. The maximum absolute atomic E-state index is 11.9. The van der Waals surface area contributed by atoms with E-state index in [2.05, 4.69) is 39.7 Å². The van der Waals surface area contributed by atoms with Crippen molar-refractivity contribution >= 4 is 17.4 Å². The highest BCUT2D eigenvalue weighted by Crippen LogP contribution is 2.19. The molecule has 2 atom stereocenters. The molecule has 2 N–H and O–H groups in total. The summed E-state index contributed by atoms with van der Waals surface area (Å²) in [4.78, 5) is 18.9. The van der Waals surface area contributed by atoms with E-state index in [-0.39, 0.29) is 11.9 Å². The molecule has 2 rings (SSSR count). The second kappa shape index (κ2) is 8.48. The van der Waals surface area contributed by atoms with E-state index in [0.29, 0.717) is 12.5 Å². The van der Waals surface area contributed by atoms with Crippen molar-refractivity contribution in [3.63, 3.8) is 0 Å². The van der Waals surface area contributed by atoms with Crippen LogP contribution in [0.3, 0.4) is 0 Å². The number of rotatable bonds is 6. The summed E-state index contributed by atoms with van der Waals surface area (Å²) in [6.07, 6.45) is 2.45. The van der Waals surface area contributed by atoms with Crippen LogP contribution in [0.2, 0.25) is 0 Å². The number of piperidine rings is 1. The third-order valence-electron chi connectivity index (χ3n) is 4.23. The van der Waals surface area contributed by atoms with Gasteiger partial charge in [0, 0.05) is 36.6 Å². The van der Waals surface area contributed by atoms with Crippen LogP contribution in [0, 0.1) is 12.8 Å². The van der Waals surface area contributed by atoms with Gasteiger partial charge in [-0.15, -0.1) is 11.3 Å². The molecule has 124 valence electrons. The third kappa shape index (κ3) is 5.25. The fourth-order valence-corrected chi connectivity index (χ4v) is 3.69. The van der Waals surface area contributed by atoms with E-state index in [0.717, 1.165) is 30.3 Å². The predicted molar refractivity (Wildman–Crippen MR) is 91.5 cm³/mol. The van der Waals surface area contributed by atoms with Crippen molar-refractivity contribution in [2.45, 2.75) is 39.5 Å². The molecule has 0 radical (unpaired) electrons. The topological polar surface area (TPSA) is 57.3 Å². The van der Waals surface area contributed by atoms with Crippen LogP contribution < -0.4 is 10.6 Å². The van der Waals surface area contributed by atoms with Crippen molar-refractivity contribution in [2.75, 3.05) is 32.7 Å². The Bertz CT molecular complexity index is 476. The zero-order valence-corrected chi connectivity index (χ0v) is 14.7. The van der Waals surface area contributed by atoms with E-state index in [1.807, 2.05) is 6.92 Å². The number of urea groups is 1. The van der Waals surface area contributed by atoms with Crippen LogP contribution in [0.25, 0.3) is 0 Å². The molecule has 1 aliphatic rings. The molecule has 0 spiro atoms. The average Bonchev–Trinajstić information content (AvgIpc) is 2.97. The molecule has 0 bridgehead atoms. The highest BCUT2D eigenvalue weighted by molar-refractivity contribution is 7.09. The summed E-state index contributed by atoms with van der Waals surface area (Å²) in [6.45, 7) is 11.1. The molecular weight excluding hydrogens is 296 g/mol. The van der Waals surface area contributed by atoms with Gasteiger partial charge in [-0.1, -0.05) is 13.8 Å². The second-order valence-corrected chi connectivity index (χ2v) is 7.11. The first-order chi connectivity index (χ1) is 10.6.